The lowest BCUT2D eigenvalue weighted by Crippen LogP contribution is -2.58. The lowest BCUT2D eigenvalue weighted by molar-refractivity contribution is -0.144. The normalized spacial score (nSPS) is 15.0. The molecule has 0 aliphatic heterocycles. The van der Waals surface area contributed by atoms with Crippen LogP contribution in [0, 0.1) is 5.92 Å². The number of aliphatic imine (C=N–C) groups is 1. The summed E-state index contributed by atoms with van der Waals surface area (Å²) in [5, 5.41) is 25.7. The number of amides is 4. The molecule has 15 nitrogen and oxygen atoms in total. The maximum Gasteiger partial charge on any atom is 0.326 e. The van der Waals surface area contributed by atoms with Gasteiger partial charge in [0.05, 0.1) is 6.61 Å². The van der Waals surface area contributed by atoms with Gasteiger partial charge in [-0.3, -0.25) is 24.2 Å². The maximum atomic E-state index is 12.9. The molecule has 0 rings (SSSR count). The van der Waals surface area contributed by atoms with Gasteiger partial charge in [0.2, 0.25) is 23.6 Å². The highest BCUT2D eigenvalue weighted by Gasteiger charge is 2.31. The van der Waals surface area contributed by atoms with Crippen molar-refractivity contribution in [1.82, 2.24) is 16.0 Å². The van der Waals surface area contributed by atoms with Crippen LogP contribution in [-0.4, -0.2) is 83.1 Å². The SMILES string of the molecule is CCC(C)C(NC(=O)C(CCCN=C(N)N)NC(=O)C(CCC(N)=O)NC(=O)C(N)CO)C(=O)O. The van der Waals surface area contributed by atoms with Crippen LogP contribution in [0.2, 0.25) is 0 Å². The molecular weight excluding hydrogens is 464 g/mol. The lowest BCUT2D eigenvalue weighted by atomic mass is 9.98. The lowest BCUT2D eigenvalue weighted by Gasteiger charge is -2.26. The Labute approximate surface area is 203 Å². The number of hydrogen-bond donors (Lipinski definition) is 9. The second-order valence-electron chi connectivity index (χ2n) is 8.08. The molecule has 0 fully saturated rings. The van der Waals surface area contributed by atoms with Gasteiger partial charge in [0.25, 0.3) is 0 Å². The molecule has 5 atom stereocenters. The minimum absolute atomic E-state index is 0.0356. The highest BCUT2D eigenvalue weighted by atomic mass is 16.4. The van der Waals surface area contributed by atoms with Crippen molar-refractivity contribution >= 4 is 35.6 Å². The molecule has 4 amide bonds. The van der Waals surface area contributed by atoms with Gasteiger partial charge in [-0.1, -0.05) is 20.3 Å². The van der Waals surface area contributed by atoms with E-state index in [2.05, 4.69) is 20.9 Å². The summed E-state index contributed by atoms with van der Waals surface area (Å²) in [5.41, 5.74) is 21.2. The number of guanidine groups is 1. The fraction of sp³-hybridized carbons (Fsp3) is 0.700. The van der Waals surface area contributed by atoms with E-state index in [1.165, 1.54) is 0 Å². The van der Waals surface area contributed by atoms with Crippen molar-refractivity contribution < 1.29 is 34.2 Å². The second-order valence-corrected chi connectivity index (χ2v) is 8.08. The van der Waals surface area contributed by atoms with E-state index in [-0.39, 0.29) is 38.2 Å². The van der Waals surface area contributed by atoms with Gasteiger partial charge in [-0.2, -0.15) is 0 Å². The minimum atomic E-state index is -1.32. The number of carboxylic acids is 1. The first-order valence-corrected chi connectivity index (χ1v) is 11.2. The van der Waals surface area contributed by atoms with Crippen molar-refractivity contribution in [2.75, 3.05) is 13.2 Å². The van der Waals surface area contributed by atoms with Crippen LogP contribution in [0.3, 0.4) is 0 Å². The molecule has 0 saturated heterocycles. The Morgan fingerprint density at radius 3 is 1.94 bits per heavy atom. The third-order valence-corrected chi connectivity index (χ3v) is 5.20. The largest absolute Gasteiger partial charge is 0.480 e. The Hall–Kier alpha value is -3.46. The molecule has 0 radical (unpaired) electrons. The van der Waals surface area contributed by atoms with Crippen LogP contribution in [0.25, 0.3) is 0 Å². The van der Waals surface area contributed by atoms with Gasteiger partial charge in [0, 0.05) is 13.0 Å². The predicted octanol–water partition coefficient (Wildman–Crippen LogP) is -3.79. The van der Waals surface area contributed by atoms with E-state index in [1.807, 2.05) is 0 Å². The average Bonchev–Trinajstić information content (AvgIpc) is 2.79. The summed E-state index contributed by atoms with van der Waals surface area (Å²) in [6, 6.07) is -5.02. The standard InChI is InChI=1S/C20H38N8O7/c1-3-10(2)15(19(34)35)28-18(33)12(5-4-8-25-20(23)24)27-17(32)13(6-7-14(22)30)26-16(31)11(21)9-29/h10-13,15,29H,3-9,21H2,1-2H3,(H2,22,30)(H,26,31)(H,27,32)(H,28,33)(H,34,35)(H4,23,24,25). The van der Waals surface area contributed by atoms with Gasteiger partial charge < -0.3 is 49.1 Å². The van der Waals surface area contributed by atoms with E-state index >= 15 is 0 Å². The van der Waals surface area contributed by atoms with Gasteiger partial charge in [-0.05, 0) is 25.2 Å². The molecule has 0 aromatic heterocycles. The number of nitrogens with two attached hydrogens (primary N) is 4. The molecular formula is C20H38N8O7. The number of carbonyl (C=O) groups is 5. The van der Waals surface area contributed by atoms with Crippen molar-refractivity contribution in [1.29, 1.82) is 0 Å². The Balaban J connectivity index is 5.69. The number of nitrogens with one attached hydrogen (secondary N) is 3. The van der Waals surface area contributed by atoms with E-state index < -0.39 is 66.3 Å². The second kappa shape index (κ2) is 16.2. The highest BCUT2D eigenvalue weighted by molar-refractivity contribution is 5.94. The molecule has 0 bridgehead atoms. The van der Waals surface area contributed by atoms with Gasteiger partial charge in [-0.15, -0.1) is 0 Å². The number of aliphatic hydroxyl groups excluding tert-OH is 1. The molecule has 0 aliphatic carbocycles. The molecule has 0 aromatic rings. The summed E-state index contributed by atoms with van der Waals surface area (Å²) in [6.07, 6.45) is 0.311. The van der Waals surface area contributed by atoms with Crippen LogP contribution in [0.5, 0.6) is 0 Å². The summed E-state index contributed by atoms with van der Waals surface area (Å²) in [5.74, 6) is -4.96. The zero-order valence-corrected chi connectivity index (χ0v) is 20.0. The number of aliphatic carboxylic acids is 1. The van der Waals surface area contributed by atoms with Crippen molar-refractivity contribution in [3.8, 4) is 0 Å². The van der Waals surface area contributed by atoms with E-state index in [9.17, 15) is 29.1 Å². The number of nitrogens with zero attached hydrogens (tertiary/aromatic N) is 1. The molecule has 5 unspecified atom stereocenters. The number of carboxylic acid groups (broad SMARTS) is 1. The minimum Gasteiger partial charge on any atom is -0.480 e. The Morgan fingerprint density at radius 2 is 1.46 bits per heavy atom. The van der Waals surface area contributed by atoms with Gasteiger partial charge in [0.1, 0.15) is 24.2 Å². The summed E-state index contributed by atoms with van der Waals surface area (Å²) < 4.78 is 0. The van der Waals surface area contributed by atoms with Gasteiger partial charge in [0.15, 0.2) is 5.96 Å². The molecule has 0 spiro atoms. The Kier molecular flexibility index (Phi) is 14.6. The maximum absolute atomic E-state index is 12.9. The highest BCUT2D eigenvalue weighted by Crippen LogP contribution is 2.10. The van der Waals surface area contributed by atoms with Crippen molar-refractivity contribution in [3.63, 3.8) is 0 Å². The predicted molar refractivity (Wildman–Crippen MR) is 126 cm³/mol. The average molecular weight is 503 g/mol. The summed E-state index contributed by atoms with van der Waals surface area (Å²) in [6.45, 7) is 2.89. The fourth-order valence-electron chi connectivity index (χ4n) is 2.90. The molecule has 35 heavy (non-hydrogen) atoms. The van der Waals surface area contributed by atoms with Crippen molar-refractivity contribution in [3.05, 3.63) is 0 Å². The monoisotopic (exact) mass is 502 g/mol. The molecule has 0 aromatic carbocycles. The molecule has 0 saturated carbocycles. The van der Waals surface area contributed by atoms with Crippen LogP contribution in [0.15, 0.2) is 4.99 Å². The number of aliphatic hydroxyl groups is 1. The first kappa shape index (κ1) is 31.5. The van der Waals surface area contributed by atoms with Crippen LogP contribution in [-0.2, 0) is 24.0 Å². The van der Waals surface area contributed by atoms with Crippen molar-refractivity contribution in [2.45, 2.75) is 70.1 Å². The van der Waals surface area contributed by atoms with E-state index in [0.29, 0.717) is 6.42 Å². The fourth-order valence-corrected chi connectivity index (χ4v) is 2.90. The number of rotatable bonds is 17. The molecule has 200 valence electrons. The zero-order chi connectivity index (χ0) is 27.1. The number of primary amides is 1. The van der Waals surface area contributed by atoms with Crippen molar-refractivity contribution in [2.24, 2.45) is 33.8 Å². The van der Waals surface area contributed by atoms with E-state index in [0.717, 1.165) is 0 Å². The van der Waals surface area contributed by atoms with Gasteiger partial charge in [-0.25, -0.2) is 4.79 Å². The molecule has 13 N–H and O–H groups in total. The topological polar surface area (TPSA) is 278 Å². The number of hydrogen-bond acceptors (Lipinski definition) is 8. The molecule has 0 heterocycles. The first-order valence-electron chi connectivity index (χ1n) is 11.2. The van der Waals surface area contributed by atoms with Crippen LogP contribution < -0.4 is 38.9 Å². The van der Waals surface area contributed by atoms with E-state index in [4.69, 9.17) is 28.0 Å². The smallest absolute Gasteiger partial charge is 0.326 e. The molecule has 0 aliphatic rings. The summed E-state index contributed by atoms with van der Waals surface area (Å²) in [7, 11) is 0. The quantitative estimate of drug-likeness (QED) is 0.0531. The zero-order valence-electron chi connectivity index (χ0n) is 20.0. The Morgan fingerprint density at radius 1 is 0.914 bits per heavy atom. The van der Waals surface area contributed by atoms with Crippen LogP contribution in [0.1, 0.15) is 46.0 Å². The van der Waals surface area contributed by atoms with Crippen LogP contribution in [0.4, 0.5) is 0 Å². The van der Waals surface area contributed by atoms with Crippen LogP contribution >= 0.6 is 0 Å². The summed E-state index contributed by atoms with van der Waals surface area (Å²) in [4.78, 5) is 64.5. The third-order valence-electron chi connectivity index (χ3n) is 5.20. The number of carbonyl (C=O) groups excluding carboxylic acids is 4. The van der Waals surface area contributed by atoms with Gasteiger partial charge >= 0.3 is 5.97 Å². The first-order chi connectivity index (χ1) is 16.3. The Bertz CT molecular complexity index is 773. The molecule has 15 heteroatoms. The third kappa shape index (κ3) is 12.5. The summed E-state index contributed by atoms with van der Waals surface area (Å²) >= 11 is 0. The van der Waals surface area contributed by atoms with E-state index in [1.54, 1.807) is 13.8 Å².